The molecule has 0 radical (unpaired) electrons. The Kier molecular flexibility index (Phi) is 6.60. The van der Waals surface area contributed by atoms with E-state index in [-0.39, 0.29) is 22.6 Å². The molecule has 7 nitrogen and oxygen atoms in total. The first kappa shape index (κ1) is 21.1. The van der Waals surface area contributed by atoms with E-state index in [4.69, 9.17) is 4.74 Å². The molecule has 1 saturated heterocycles. The molecule has 9 heteroatoms. The first-order chi connectivity index (χ1) is 14.5. The van der Waals surface area contributed by atoms with Crippen LogP contribution in [0.3, 0.4) is 0 Å². The van der Waals surface area contributed by atoms with E-state index in [1.165, 1.54) is 22.3 Å². The van der Waals surface area contributed by atoms with E-state index < -0.39 is 10.0 Å². The van der Waals surface area contributed by atoms with Crippen LogP contribution in [0.1, 0.15) is 37.3 Å². The molecule has 4 rings (SSSR count). The zero-order valence-corrected chi connectivity index (χ0v) is 18.3. The Bertz CT molecular complexity index is 990. The molecule has 3 heterocycles. The van der Waals surface area contributed by atoms with Gasteiger partial charge in [-0.05, 0) is 31.0 Å². The zero-order valence-electron chi connectivity index (χ0n) is 16.6. The molecule has 2 aliphatic heterocycles. The van der Waals surface area contributed by atoms with Crippen molar-refractivity contribution >= 4 is 27.7 Å². The maximum Gasteiger partial charge on any atom is 0.244 e. The number of amides is 1. The van der Waals surface area contributed by atoms with Gasteiger partial charge in [0.2, 0.25) is 15.9 Å². The van der Waals surface area contributed by atoms with Gasteiger partial charge in [0.15, 0.2) is 0 Å². The van der Waals surface area contributed by atoms with E-state index in [2.05, 4.69) is 10.3 Å². The van der Waals surface area contributed by atoms with Crippen molar-refractivity contribution in [1.82, 2.24) is 14.6 Å². The Morgan fingerprint density at radius 3 is 2.73 bits per heavy atom. The number of carbonyl (C=O) groups is 1. The number of hydrogen-bond donors (Lipinski definition) is 1. The number of aromatic nitrogens is 1. The van der Waals surface area contributed by atoms with Gasteiger partial charge < -0.3 is 10.1 Å². The minimum atomic E-state index is -3.49. The SMILES string of the molecule is O=C(CSc1ccc(S(=O)(=O)N2CCCCC2)cn1)N[C@H]1CCOc2ccccc21. The summed E-state index contributed by atoms with van der Waals surface area (Å²) >= 11 is 1.29. The first-order valence-electron chi connectivity index (χ1n) is 10.1. The zero-order chi connectivity index (χ0) is 21.0. The van der Waals surface area contributed by atoms with Crippen molar-refractivity contribution in [2.75, 3.05) is 25.4 Å². The van der Waals surface area contributed by atoms with Gasteiger partial charge in [-0.2, -0.15) is 4.31 Å². The van der Waals surface area contributed by atoms with Gasteiger partial charge in [0.1, 0.15) is 10.6 Å². The Labute approximate surface area is 181 Å². The van der Waals surface area contributed by atoms with E-state index in [1.807, 2.05) is 24.3 Å². The van der Waals surface area contributed by atoms with Crippen molar-refractivity contribution in [2.45, 2.75) is 41.6 Å². The summed E-state index contributed by atoms with van der Waals surface area (Å²) in [6.07, 6.45) is 4.98. The number of ether oxygens (including phenoxy) is 1. The van der Waals surface area contributed by atoms with Crippen molar-refractivity contribution in [1.29, 1.82) is 0 Å². The van der Waals surface area contributed by atoms with Crippen LogP contribution in [0.15, 0.2) is 52.5 Å². The van der Waals surface area contributed by atoms with Gasteiger partial charge in [0, 0.05) is 31.3 Å². The van der Waals surface area contributed by atoms with Crippen LogP contribution in [-0.2, 0) is 14.8 Å². The molecule has 0 aliphatic carbocycles. The molecule has 1 aromatic carbocycles. The third-order valence-corrected chi connectivity index (χ3v) is 8.13. The molecule has 2 aliphatic rings. The van der Waals surface area contributed by atoms with Gasteiger partial charge in [-0.1, -0.05) is 36.4 Å². The van der Waals surface area contributed by atoms with Crippen molar-refractivity contribution in [2.24, 2.45) is 0 Å². The van der Waals surface area contributed by atoms with E-state index >= 15 is 0 Å². The predicted octanol–water partition coefficient (Wildman–Crippen LogP) is 2.99. The van der Waals surface area contributed by atoms with E-state index in [1.54, 1.807) is 12.1 Å². The lowest BCUT2D eigenvalue weighted by Crippen LogP contribution is -2.35. The molecule has 0 saturated carbocycles. The summed E-state index contributed by atoms with van der Waals surface area (Å²) in [5, 5.41) is 3.67. The molecule has 1 aromatic heterocycles. The summed E-state index contributed by atoms with van der Waals surface area (Å²) in [6, 6.07) is 10.9. The molecular formula is C21H25N3O4S2. The van der Waals surface area contributed by atoms with Crippen LogP contribution >= 0.6 is 11.8 Å². The van der Waals surface area contributed by atoms with Crippen molar-refractivity contribution < 1.29 is 17.9 Å². The second kappa shape index (κ2) is 9.36. The summed E-state index contributed by atoms with van der Waals surface area (Å²) < 4.78 is 32.5. The number of para-hydroxylation sites is 1. The number of piperidine rings is 1. The number of benzene rings is 1. The van der Waals surface area contributed by atoms with Crippen LogP contribution < -0.4 is 10.1 Å². The summed E-state index contributed by atoms with van der Waals surface area (Å²) in [5.74, 6) is 0.937. The fourth-order valence-electron chi connectivity index (χ4n) is 3.73. The normalized spacial score (nSPS) is 19.5. The lowest BCUT2D eigenvalue weighted by molar-refractivity contribution is -0.119. The highest BCUT2D eigenvalue weighted by Crippen LogP contribution is 2.31. The third kappa shape index (κ3) is 4.79. The predicted molar refractivity (Wildman–Crippen MR) is 115 cm³/mol. The monoisotopic (exact) mass is 447 g/mol. The smallest absolute Gasteiger partial charge is 0.244 e. The van der Waals surface area contributed by atoms with Crippen molar-refractivity contribution in [3.63, 3.8) is 0 Å². The van der Waals surface area contributed by atoms with Gasteiger partial charge in [-0.15, -0.1) is 0 Å². The molecule has 160 valence electrons. The second-order valence-electron chi connectivity index (χ2n) is 7.38. The fraction of sp³-hybridized carbons (Fsp3) is 0.429. The molecule has 1 amide bonds. The van der Waals surface area contributed by atoms with Crippen LogP contribution in [0.25, 0.3) is 0 Å². The molecule has 1 N–H and O–H groups in total. The van der Waals surface area contributed by atoms with Crippen LogP contribution in [-0.4, -0.2) is 49.1 Å². The van der Waals surface area contributed by atoms with Crippen LogP contribution in [0, 0.1) is 0 Å². The molecule has 1 atom stereocenters. The molecule has 2 aromatic rings. The van der Waals surface area contributed by atoms with Crippen LogP contribution in [0.4, 0.5) is 0 Å². The van der Waals surface area contributed by atoms with E-state index in [0.717, 1.165) is 37.0 Å². The first-order valence-corrected chi connectivity index (χ1v) is 12.6. The number of fused-ring (bicyclic) bond motifs is 1. The van der Waals surface area contributed by atoms with Gasteiger partial charge >= 0.3 is 0 Å². The standard InChI is InChI=1S/C21H25N3O4S2/c25-20(23-18-10-13-28-19-7-3-2-6-17(18)19)15-29-21-9-8-16(14-22-21)30(26,27)24-11-4-1-5-12-24/h2-3,6-9,14,18H,1,4-5,10-13,15H2,(H,23,25)/t18-/m0/s1. The Hall–Kier alpha value is -2.10. The molecule has 1 fully saturated rings. The number of sulfonamides is 1. The summed E-state index contributed by atoms with van der Waals surface area (Å²) in [4.78, 5) is 16.9. The Morgan fingerprint density at radius 2 is 1.97 bits per heavy atom. The number of nitrogens with one attached hydrogen (secondary N) is 1. The highest BCUT2D eigenvalue weighted by atomic mass is 32.2. The summed E-state index contributed by atoms with van der Waals surface area (Å²) in [7, 11) is -3.49. The number of rotatable bonds is 6. The largest absolute Gasteiger partial charge is 0.493 e. The fourth-order valence-corrected chi connectivity index (χ4v) is 5.84. The maximum atomic E-state index is 12.7. The Balaban J connectivity index is 1.33. The molecule has 30 heavy (non-hydrogen) atoms. The minimum Gasteiger partial charge on any atom is -0.493 e. The summed E-state index contributed by atoms with van der Waals surface area (Å²) in [5.41, 5.74) is 0.993. The van der Waals surface area contributed by atoms with Crippen LogP contribution in [0.5, 0.6) is 5.75 Å². The van der Waals surface area contributed by atoms with Crippen molar-refractivity contribution in [3.05, 3.63) is 48.2 Å². The van der Waals surface area contributed by atoms with Gasteiger partial charge in [-0.3, -0.25) is 4.79 Å². The van der Waals surface area contributed by atoms with E-state index in [0.29, 0.717) is 24.7 Å². The summed E-state index contributed by atoms with van der Waals surface area (Å²) in [6.45, 7) is 1.70. The van der Waals surface area contributed by atoms with Crippen molar-refractivity contribution in [3.8, 4) is 5.75 Å². The number of pyridine rings is 1. The molecular weight excluding hydrogens is 422 g/mol. The maximum absolute atomic E-state index is 12.7. The topological polar surface area (TPSA) is 88.6 Å². The van der Waals surface area contributed by atoms with Gasteiger partial charge in [0.05, 0.1) is 23.4 Å². The lowest BCUT2D eigenvalue weighted by atomic mass is 10.0. The highest BCUT2D eigenvalue weighted by Gasteiger charge is 2.26. The van der Waals surface area contributed by atoms with Crippen LogP contribution in [0.2, 0.25) is 0 Å². The number of nitrogens with zero attached hydrogens (tertiary/aromatic N) is 2. The number of thioether (sulfide) groups is 1. The van der Waals surface area contributed by atoms with Gasteiger partial charge in [-0.25, -0.2) is 13.4 Å². The minimum absolute atomic E-state index is 0.0620. The average Bonchev–Trinajstić information content (AvgIpc) is 2.79. The molecule has 0 bridgehead atoms. The number of hydrogen-bond acceptors (Lipinski definition) is 6. The quantitative estimate of drug-likeness (QED) is 0.685. The van der Waals surface area contributed by atoms with E-state index in [9.17, 15) is 13.2 Å². The lowest BCUT2D eigenvalue weighted by Gasteiger charge is -2.26. The third-order valence-electron chi connectivity index (χ3n) is 5.31. The average molecular weight is 448 g/mol. The number of carbonyl (C=O) groups excluding carboxylic acids is 1. The highest BCUT2D eigenvalue weighted by molar-refractivity contribution is 7.99. The Morgan fingerprint density at radius 1 is 1.17 bits per heavy atom. The molecule has 0 unspecified atom stereocenters. The second-order valence-corrected chi connectivity index (χ2v) is 10.3. The van der Waals surface area contributed by atoms with Gasteiger partial charge in [0.25, 0.3) is 0 Å². The molecule has 0 spiro atoms.